The third-order valence-corrected chi connectivity index (χ3v) is 7.16. The molecule has 0 heterocycles. The van der Waals surface area contributed by atoms with Gasteiger partial charge in [0.1, 0.15) is 0 Å². The van der Waals surface area contributed by atoms with E-state index in [1.807, 2.05) is 0 Å². The van der Waals surface area contributed by atoms with Gasteiger partial charge in [0, 0.05) is 0 Å². The van der Waals surface area contributed by atoms with Crippen molar-refractivity contribution in [1.29, 1.82) is 0 Å². The van der Waals surface area contributed by atoms with Crippen molar-refractivity contribution in [1.82, 2.24) is 0 Å². The summed E-state index contributed by atoms with van der Waals surface area (Å²) in [5.74, 6) is 1.12. The molecule has 2 unspecified atom stereocenters. The molecule has 2 aliphatic carbocycles. The minimum absolute atomic E-state index is 0. The van der Waals surface area contributed by atoms with Crippen LogP contribution in [0.25, 0.3) is 0 Å². The van der Waals surface area contributed by atoms with Crippen molar-refractivity contribution >= 4 is 31.0 Å². The van der Waals surface area contributed by atoms with Crippen LogP contribution >= 0.6 is 24.8 Å². The SMILES string of the molecule is CC1=[C-]C(C)C(C)=C1.CC1=[C-]C(C)C=C1C.Cl.Cl.[Hf+2]=[SiH]Cc1ccccc1. The summed E-state index contributed by atoms with van der Waals surface area (Å²) in [6, 6.07) is 12.1. The van der Waals surface area contributed by atoms with Gasteiger partial charge in [-0.05, 0) is 0 Å². The van der Waals surface area contributed by atoms with Crippen molar-refractivity contribution in [2.75, 3.05) is 0 Å². The van der Waals surface area contributed by atoms with E-state index in [1.54, 1.807) is 0 Å². The van der Waals surface area contributed by atoms with Gasteiger partial charge in [-0.15, -0.1) is 31.7 Å². The van der Waals surface area contributed by atoms with Crippen LogP contribution in [0.4, 0.5) is 0 Å². The Morgan fingerprint density at radius 1 is 0.963 bits per heavy atom. The molecule has 27 heavy (non-hydrogen) atoms. The van der Waals surface area contributed by atoms with E-state index in [-0.39, 0.29) is 24.8 Å². The molecule has 0 radical (unpaired) electrons. The van der Waals surface area contributed by atoms with Crippen LogP contribution in [0.15, 0.2) is 64.8 Å². The van der Waals surface area contributed by atoms with Gasteiger partial charge >= 0.3 is 71.2 Å². The van der Waals surface area contributed by atoms with Crippen molar-refractivity contribution in [3.05, 3.63) is 82.5 Å². The summed E-state index contributed by atoms with van der Waals surface area (Å²) in [7, 11) is 0. The van der Waals surface area contributed by atoms with Gasteiger partial charge in [-0.1, -0.05) is 46.5 Å². The molecule has 146 valence electrons. The number of halogens is 2. The van der Waals surface area contributed by atoms with Crippen molar-refractivity contribution < 1.29 is 23.0 Å². The first-order valence-corrected chi connectivity index (χ1v) is 16.5. The summed E-state index contributed by atoms with van der Waals surface area (Å²) < 4.78 is 0. The number of hydrogen-bond acceptors (Lipinski definition) is 0. The second-order valence-corrected chi connectivity index (χ2v) is 12.0. The molecule has 0 amide bonds. The van der Waals surface area contributed by atoms with Crippen LogP contribution in [0.2, 0.25) is 0 Å². The Morgan fingerprint density at radius 3 is 1.81 bits per heavy atom. The van der Waals surface area contributed by atoms with Crippen LogP contribution in [-0.2, 0) is 29.0 Å². The summed E-state index contributed by atoms with van der Waals surface area (Å²) in [5, 5.41) is 0. The normalized spacial score (nSPS) is 19.4. The topological polar surface area (TPSA) is 0 Å². The predicted octanol–water partition coefficient (Wildman–Crippen LogP) is 6.59. The zero-order valence-electron chi connectivity index (χ0n) is 17.3. The van der Waals surface area contributed by atoms with E-state index in [1.165, 1.54) is 56.9 Å². The Kier molecular flexibility index (Phi) is 16.9. The molecule has 3 rings (SSSR count). The average Bonchev–Trinajstić information content (AvgIpc) is 3.01. The van der Waals surface area contributed by atoms with Crippen molar-refractivity contribution in [3.8, 4) is 0 Å². The molecule has 0 spiro atoms. The van der Waals surface area contributed by atoms with Gasteiger partial charge in [-0.25, -0.2) is 22.8 Å². The molecular formula is C23H32Cl2HfSi. The Morgan fingerprint density at radius 2 is 1.56 bits per heavy atom. The van der Waals surface area contributed by atoms with Crippen LogP contribution in [0.5, 0.6) is 0 Å². The van der Waals surface area contributed by atoms with Crippen LogP contribution in [-0.4, -0.2) is 6.22 Å². The summed E-state index contributed by atoms with van der Waals surface area (Å²) in [6.45, 7) is 12.8. The molecule has 0 N–H and O–H groups in total. The van der Waals surface area contributed by atoms with Crippen LogP contribution < -0.4 is 0 Å². The fraction of sp³-hybridized carbons (Fsp3) is 0.391. The monoisotopic (exact) mass is 586 g/mol. The maximum atomic E-state index is 3.29. The first-order valence-electron chi connectivity index (χ1n) is 8.93. The third-order valence-electron chi connectivity index (χ3n) is 4.29. The molecule has 4 heteroatoms. The average molecular weight is 586 g/mol. The van der Waals surface area contributed by atoms with Crippen molar-refractivity contribution in [3.63, 3.8) is 0 Å². The standard InChI is InChI=1S/2C8H11.C7H8Si.2ClH.Hf/c2*1-6-4-7(2)8(3)5-6;8-6-7-4-2-1-3-5-7;;;/h4,8H,1-3H3;4,6H,1-3H3;1-5,8H,6H2;2*1H;/q2*-1;;;;+2. The Bertz CT molecular complexity index is 670. The van der Waals surface area contributed by atoms with Gasteiger partial charge in [0.05, 0.1) is 0 Å². The van der Waals surface area contributed by atoms with E-state index >= 15 is 0 Å². The molecule has 0 saturated carbocycles. The minimum atomic E-state index is 0. The maximum absolute atomic E-state index is 3.29. The van der Waals surface area contributed by atoms with Gasteiger partial charge in [0.2, 0.25) is 0 Å². The fourth-order valence-electron chi connectivity index (χ4n) is 2.69. The molecule has 0 saturated heterocycles. The van der Waals surface area contributed by atoms with Crippen LogP contribution in [0, 0.1) is 24.0 Å². The second-order valence-electron chi connectivity index (χ2n) is 6.74. The summed E-state index contributed by atoms with van der Waals surface area (Å²) in [5.41, 5.74) is 6.94. The molecule has 0 bridgehead atoms. The first-order chi connectivity index (χ1) is 11.8. The van der Waals surface area contributed by atoms with E-state index in [0.717, 1.165) is 6.22 Å². The third kappa shape index (κ3) is 12.1. The molecule has 0 aliphatic heterocycles. The van der Waals surface area contributed by atoms with Crippen molar-refractivity contribution in [2.24, 2.45) is 11.8 Å². The second kappa shape index (κ2) is 15.7. The van der Waals surface area contributed by atoms with Crippen LogP contribution in [0.1, 0.15) is 47.1 Å². The Hall–Kier alpha value is -0.153. The van der Waals surface area contributed by atoms with Gasteiger partial charge in [0.15, 0.2) is 0 Å². The molecule has 0 aromatic heterocycles. The zero-order valence-corrected chi connectivity index (χ0v) is 23.7. The Balaban J connectivity index is 0. The van der Waals surface area contributed by atoms with E-state index in [4.69, 9.17) is 0 Å². The van der Waals surface area contributed by atoms with E-state index < -0.39 is 0 Å². The van der Waals surface area contributed by atoms with Gasteiger partial charge < -0.3 is 0 Å². The predicted molar refractivity (Wildman–Crippen MR) is 122 cm³/mol. The van der Waals surface area contributed by atoms with E-state index in [2.05, 4.69) is 96.2 Å². The van der Waals surface area contributed by atoms with Gasteiger partial charge in [0.25, 0.3) is 0 Å². The fourth-order valence-corrected chi connectivity index (χ4v) is 5.74. The molecule has 0 nitrogen and oxygen atoms in total. The number of hydrogen-bond donors (Lipinski definition) is 0. The quantitative estimate of drug-likeness (QED) is 0.271. The number of benzene rings is 1. The zero-order chi connectivity index (χ0) is 18.8. The molecule has 2 aliphatic rings. The summed E-state index contributed by atoms with van der Waals surface area (Å²) >= 11 is 1.41. The number of allylic oxidation sites excluding steroid dienone is 8. The molecule has 1 aromatic rings. The summed E-state index contributed by atoms with van der Waals surface area (Å²) in [4.78, 5) is 0. The van der Waals surface area contributed by atoms with Gasteiger partial charge in [-0.3, -0.25) is 12.2 Å². The van der Waals surface area contributed by atoms with Gasteiger partial charge in [-0.2, -0.15) is 11.6 Å². The van der Waals surface area contributed by atoms with E-state index in [0.29, 0.717) is 11.8 Å². The molecule has 0 fully saturated rings. The molecule has 2 atom stereocenters. The number of rotatable bonds is 2. The Labute approximate surface area is 194 Å². The summed E-state index contributed by atoms with van der Waals surface area (Å²) in [6.07, 6.45) is 11.8. The first kappa shape index (κ1) is 29.1. The molecule has 1 aromatic carbocycles. The van der Waals surface area contributed by atoms with E-state index in [9.17, 15) is 0 Å². The van der Waals surface area contributed by atoms with Crippen LogP contribution in [0.3, 0.4) is 0 Å². The van der Waals surface area contributed by atoms with Crippen molar-refractivity contribution in [2.45, 2.75) is 47.6 Å². The molecular weight excluding hydrogens is 554 g/mol.